The van der Waals surface area contributed by atoms with E-state index in [4.69, 9.17) is 0 Å². The van der Waals surface area contributed by atoms with Crippen LogP contribution in [0.15, 0.2) is 72.4 Å². The van der Waals surface area contributed by atoms with Gasteiger partial charge < -0.3 is 5.32 Å². The van der Waals surface area contributed by atoms with Crippen LogP contribution >= 0.6 is 0 Å². The molecule has 0 bridgehead atoms. The van der Waals surface area contributed by atoms with Crippen molar-refractivity contribution in [2.75, 3.05) is 10.2 Å². The second-order valence-electron chi connectivity index (χ2n) is 7.75. The number of carbonyl (C=O) groups is 2. The van der Waals surface area contributed by atoms with Crippen LogP contribution in [0.5, 0.6) is 0 Å². The van der Waals surface area contributed by atoms with Crippen LogP contribution in [0.4, 0.5) is 28.9 Å². The van der Waals surface area contributed by atoms with Crippen molar-refractivity contribution in [3.63, 3.8) is 0 Å². The fraction of sp³-hybridized carbons (Fsp3) is 0.120. The van der Waals surface area contributed by atoms with E-state index in [0.29, 0.717) is 10.6 Å². The maximum atomic E-state index is 13.5. The van der Waals surface area contributed by atoms with Crippen LogP contribution in [0.2, 0.25) is 0 Å². The van der Waals surface area contributed by atoms with E-state index in [-0.39, 0.29) is 22.5 Å². The molecule has 0 spiro atoms. The molecule has 2 amide bonds. The summed E-state index contributed by atoms with van der Waals surface area (Å²) in [6.45, 7) is 3.73. The van der Waals surface area contributed by atoms with Crippen molar-refractivity contribution >= 4 is 28.8 Å². The van der Waals surface area contributed by atoms with Gasteiger partial charge in [-0.3, -0.25) is 9.59 Å². The first kappa shape index (κ1) is 22.3. The lowest BCUT2D eigenvalue weighted by molar-refractivity contribution is -0.137. The number of alkyl halides is 3. The van der Waals surface area contributed by atoms with Crippen LogP contribution in [0.1, 0.15) is 22.3 Å². The molecule has 0 aliphatic carbocycles. The number of anilines is 2. The molecule has 0 atom stereocenters. The zero-order chi connectivity index (χ0) is 23.9. The van der Waals surface area contributed by atoms with Gasteiger partial charge in [0, 0.05) is 5.69 Å². The lowest BCUT2D eigenvalue weighted by atomic mass is 10.0. The van der Waals surface area contributed by atoms with Gasteiger partial charge in [-0.05, 0) is 73.0 Å². The van der Waals surface area contributed by atoms with Crippen molar-refractivity contribution in [2.45, 2.75) is 20.0 Å². The first-order valence-electron chi connectivity index (χ1n) is 9.96. The number of nitrogens with zero attached hydrogens (tertiary/aromatic N) is 1. The monoisotopic (exact) mass is 454 g/mol. The molecule has 4 nitrogen and oxygen atoms in total. The number of benzene rings is 3. The number of hydrogen-bond donors (Lipinski definition) is 1. The van der Waals surface area contributed by atoms with Gasteiger partial charge in [0.15, 0.2) is 0 Å². The van der Waals surface area contributed by atoms with Crippen molar-refractivity contribution in [1.29, 1.82) is 0 Å². The van der Waals surface area contributed by atoms with E-state index in [0.717, 1.165) is 41.5 Å². The highest BCUT2D eigenvalue weighted by atomic mass is 19.4. The van der Waals surface area contributed by atoms with Crippen molar-refractivity contribution in [3.8, 4) is 0 Å². The average molecular weight is 454 g/mol. The molecule has 0 aromatic heterocycles. The third kappa shape index (κ3) is 4.37. The number of hydrogen-bond acceptors (Lipinski definition) is 3. The van der Waals surface area contributed by atoms with Gasteiger partial charge in [-0.1, -0.05) is 24.3 Å². The molecule has 1 aliphatic rings. The summed E-state index contributed by atoms with van der Waals surface area (Å²) in [5.41, 5.74) is 1.26. The van der Waals surface area contributed by atoms with Gasteiger partial charge in [0.05, 0.1) is 16.8 Å². The van der Waals surface area contributed by atoms with Crippen molar-refractivity contribution in [2.24, 2.45) is 0 Å². The molecule has 0 fully saturated rings. The Morgan fingerprint density at radius 2 is 1.45 bits per heavy atom. The van der Waals surface area contributed by atoms with Crippen LogP contribution in [0.25, 0.3) is 5.57 Å². The van der Waals surface area contributed by atoms with Crippen LogP contribution < -0.4 is 10.2 Å². The summed E-state index contributed by atoms with van der Waals surface area (Å²) in [5, 5.41) is 2.96. The second kappa shape index (κ2) is 8.20. The molecule has 0 saturated carbocycles. The first-order chi connectivity index (χ1) is 15.5. The Bertz CT molecular complexity index is 1270. The lowest BCUT2D eigenvalue weighted by Crippen LogP contribution is -2.32. The van der Waals surface area contributed by atoms with E-state index in [1.54, 1.807) is 12.1 Å². The van der Waals surface area contributed by atoms with E-state index < -0.39 is 29.4 Å². The first-order valence-corrected chi connectivity index (χ1v) is 9.96. The van der Waals surface area contributed by atoms with E-state index in [2.05, 4.69) is 5.32 Å². The molecular weight excluding hydrogens is 436 g/mol. The topological polar surface area (TPSA) is 49.4 Å². The predicted octanol–water partition coefficient (Wildman–Crippen LogP) is 5.86. The number of amides is 2. The molecule has 3 aromatic carbocycles. The largest absolute Gasteiger partial charge is 0.416 e. The molecule has 168 valence electrons. The van der Waals surface area contributed by atoms with Gasteiger partial charge in [-0.25, -0.2) is 9.29 Å². The normalized spacial score (nSPS) is 14.3. The summed E-state index contributed by atoms with van der Waals surface area (Å²) < 4.78 is 53.1. The number of rotatable bonds is 4. The number of nitrogens with one attached hydrogen (secondary N) is 1. The molecule has 1 heterocycles. The fourth-order valence-electron chi connectivity index (χ4n) is 3.78. The highest BCUT2D eigenvalue weighted by Crippen LogP contribution is 2.37. The van der Waals surface area contributed by atoms with E-state index in [1.165, 1.54) is 18.2 Å². The summed E-state index contributed by atoms with van der Waals surface area (Å²) >= 11 is 0. The molecule has 0 unspecified atom stereocenters. The average Bonchev–Trinajstić information content (AvgIpc) is 2.97. The number of halogens is 4. The SMILES string of the molecule is Cc1cc(C)cc(NC2=C(c3ccc(F)cc3)C(=O)N(c3cccc(C(F)(F)F)c3)C2=O)c1. The number of carbonyl (C=O) groups excluding carboxylic acids is 2. The molecular formula is C25H18F4N2O2. The van der Waals surface area contributed by atoms with Crippen molar-refractivity contribution < 1.29 is 27.2 Å². The molecule has 4 rings (SSSR count). The summed E-state index contributed by atoms with van der Waals surface area (Å²) in [6.07, 6.45) is -4.64. The standard InChI is InChI=1S/C25H18F4N2O2/c1-14-10-15(2)12-19(11-14)30-22-21(16-6-8-18(26)9-7-16)23(32)31(24(22)33)20-5-3-4-17(13-20)25(27,28)29/h3-13,30H,1-2H3. The van der Waals surface area contributed by atoms with Crippen molar-refractivity contribution in [3.05, 3.63) is 100 Å². The minimum absolute atomic E-state index is 0.0587. The van der Waals surface area contributed by atoms with Gasteiger partial charge in [0.2, 0.25) is 0 Å². The Balaban J connectivity index is 1.83. The van der Waals surface area contributed by atoms with Crippen molar-refractivity contribution in [1.82, 2.24) is 0 Å². The summed E-state index contributed by atoms with van der Waals surface area (Å²) in [6, 6.07) is 14.4. The van der Waals surface area contributed by atoms with E-state index in [1.807, 2.05) is 19.9 Å². The minimum Gasteiger partial charge on any atom is -0.350 e. The molecule has 0 saturated heterocycles. The molecule has 0 radical (unpaired) electrons. The predicted molar refractivity (Wildman–Crippen MR) is 117 cm³/mol. The highest BCUT2D eigenvalue weighted by Gasteiger charge is 2.41. The molecule has 8 heteroatoms. The quantitative estimate of drug-likeness (QED) is 0.397. The summed E-state index contributed by atoms with van der Waals surface area (Å²) in [4.78, 5) is 27.4. The molecule has 1 N–H and O–H groups in total. The maximum absolute atomic E-state index is 13.5. The molecule has 1 aliphatic heterocycles. The smallest absolute Gasteiger partial charge is 0.350 e. The summed E-state index contributed by atoms with van der Waals surface area (Å²) in [5.74, 6) is -2.15. The molecule has 3 aromatic rings. The minimum atomic E-state index is -4.64. The van der Waals surface area contributed by atoms with Crippen LogP contribution in [-0.4, -0.2) is 11.8 Å². The Morgan fingerprint density at radius 1 is 0.818 bits per heavy atom. The van der Waals surface area contributed by atoms with Gasteiger partial charge in [-0.2, -0.15) is 13.2 Å². The zero-order valence-corrected chi connectivity index (χ0v) is 17.6. The second-order valence-corrected chi connectivity index (χ2v) is 7.75. The maximum Gasteiger partial charge on any atom is 0.416 e. The Kier molecular flexibility index (Phi) is 5.53. The highest BCUT2D eigenvalue weighted by molar-refractivity contribution is 6.46. The third-order valence-electron chi connectivity index (χ3n) is 5.14. The number of aryl methyl sites for hydroxylation is 2. The molecule has 33 heavy (non-hydrogen) atoms. The Morgan fingerprint density at radius 3 is 2.06 bits per heavy atom. The lowest BCUT2D eigenvalue weighted by Gasteiger charge is -2.17. The van der Waals surface area contributed by atoms with Gasteiger partial charge in [0.25, 0.3) is 11.8 Å². The van der Waals surface area contributed by atoms with Crippen LogP contribution in [0, 0.1) is 19.7 Å². The summed E-state index contributed by atoms with van der Waals surface area (Å²) in [7, 11) is 0. The Labute approximate surface area is 187 Å². The fourth-order valence-corrected chi connectivity index (χ4v) is 3.78. The van der Waals surface area contributed by atoms with Crippen LogP contribution in [-0.2, 0) is 15.8 Å². The third-order valence-corrected chi connectivity index (χ3v) is 5.14. The van der Waals surface area contributed by atoms with E-state index in [9.17, 15) is 27.2 Å². The van der Waals surface area contributed by atoms with E-state index >= 15 is 0 Å². The van der Waals surface area contributed by atoms with Gasteiger partial charge in [0.1, 0.15) is 11.5 Å². The van der Waals surface area contributed by atoms with Crippen LogP contribution in [0.3, 0.4) is 0 Å². The Hall–Kier alpha value is -3.94. The van der Waals surface area contributed by atoms with Gasteiger partial charge >= 0.3 is 6.18 Å². The van der Waals surface area contributed by atoms with Gasteiger partial charge in [-0.15, -0.1) is 0 Å². The zero-order valence-electron chi connectivity index (χ0n) is 17.6. The number of imide groups is 1.